The van der Waals surface area contributed by atoms with Crippen molar-refractivity contribution in [3.05, 3.63) is 50.6 Å². The molecule has 4 rings (SSSR count). The fraction of sp³-hybridized carbons (Fsp3) is 0.350. The lowest BCUT2D eigenvalue weighted by Crippen LogP contribution is -2.28. The maximum atomic E-state index is 13.5. The third-order valence-corrected chi connectivity index (χ3v) is 7.46. The molecule has 27 heavy (non-hydrogen) atoms. The predicted molar refractivity (Wildman–Crippen MR) is 111 cm³/mol. The van der Waals surface area contributed by atoms with Crippen LogP contribution >= 0.6 is 23.1 Å². The van der Waals surface area contributed by atoms with Gasteiger partial charge in [-0.25, -0.2) is 4.98 Å². The summed E-state index contributed by atoms with van der Waals surface area (Å²) < 4.78 is 1.64. The SMILES string of the molecule is CCC(Sc1nc2sc3c(c2c(=O)n1-c1ccc(C)cc1)CCC3)C(N)=O. The number of thioether (sulfide) groups is 1. The van der Waals surface area contributed by atoms with Crippen LogP contribution in [0.4, 0.5) is 0 Å². The molecular formula is C20H21N3O2S2. The fourth-order valence-electron chi connectivity index (χ4n) is 3.50. The Morgan fingerprint density at radius 3 is 2.74 bits per heavy atom. The predicted octanol–water partition coefficient (Wildman–Crippen LogP) is 3.60. The van der Waals surface area contributed by atoms with Crippen LogP contribution in [0.5, 0.6) is 0 Å². The zero-order chi connectivity index (χ0) is 19.1. The highest BCUT2D eigenvalue weighted by Crippen LogP contribution is 2.36. The smallest absolute Gasteiger partial charge is 0.267 e. The molecule has 140 valence electrons. The summed E-state index contributed by atoms with van der Waals surface area (Å²) in [6, 6.07) is 7.80. The number of nitrogens with two attached hydrogens (primary N) is 1. The molecule has 0 saturated carbocycles. The van der Waals surface area contributed by atoms with Crippen molar-refractivity contribution in [2.24, 2.45) is 5.73 Å². The number of thiophene rings is 1. The Labute approximate surface area is 165 Å². The second kappa shape index (κ2) is 7.13. The summed E-state index contributed by atoms with van der Waals surface area (Å²) in [4.78, 5) is 32.1. The van der Waals surface area contributed by atoms with Gasteiger partial charge in [0.25, 0.3) is 5.56 Å². The molecule has 1 aliphatic carbocycles. The first-order valence-electron chi connectivity index (χ1n) is 9.10. The third-order valence-electron chi connectivity index (χ3n) is 4.94. The number of amides is 1. The normalized spacial score (nSPS) is 14.4. The second-order valence-electron chi connectivity index (χ2n) is 6.83. The molecule has 0 radical (unpaired) electrons. The number of nitrogens with zero attached hydrogens (tertiary/aromatic N) is 2. The summed E-state index contributed by atoms with van der Waals surface area (Å²) in [6.07, 6.45) is 3.63. The van der Waals surface area contributed by atoms with Crippen molar-refractivity contribution in [2.75, 3.05) is 0 Å². The van der Waals surface area contributed by atoms with Gasteiger partial charge in [0.15, 0.2) is 5.16 Å². The van der Waals surface area contributed by atoms with Gasteiger partial charge in [-0.1, -0.05) is 36.4 Å². The molecule has 2 heterocycles. The molecule has 7 heteroatoms. The van der Waals surface area contributed by atoms with Crippen molar-refractivity contribution in [1.29, 1.82) is 0 Å². The number of aromatic nitrogens is 2. The minimum Gasteiger partial charge on any atom is -0.369 e. The van der Waals surface area contributed by atoms with Gasteiger partial charge in [-0.15, -0.1) is 11.3 Å². The monoisotopic (exact) mass is 399 g/mol. The van der Waals surface area contributed by atoms with Crippen LogP contribution in [-0.2, 0) is 17.6 Å². The van der Waals surface area contributed by atoms with Gasteiger partial charge in [-0.05, 0) is 50.3 Å². The van der Waals surface area contributed by atoms with Crippen LogP contribution in [0.2, 0.25) is 0 Å². The first-order chi connectivity index (χ1) is 13.0. The number of hydrogen-bond donors (Lipinski definition) is 1. The van der Waals surface area contributed by atoms with E-state index in [1.165, 1.54) is 16.6 Å². The Kier molecular flexibility index (Phi) is 4.82. The van der Waals surface area contributed by atoms with Crippen molar-refractivity contribution < 1.29 is 4.79 Å². The van der Waals surface area contributed by atoms with E-state index in [9.17, 15) is 9.59 Å². The maximum Gasteiger partial charge on any atom is 0.267 e. The second-order valence-corrected chi connectivity index (χ2v) is 9.08. The molecule has 2 aromatic heterocycles. The number of carbonyl (C=O) groups is 1. The first kappa shape index (κ1) is 18.3. The zero-order valence-corrected chi connectivity index (χ0v) is 17.0. The van der Waals surface area contributed by atoms with E-state index in [1.807, 2.05) is 38.1 Å². The molecule has 5 nitrogen and oxygen atoms in total. The van der Waals surface area contributed by atoms with Gasteiger partial charge in [0.2, 0.25) is 5.91 Å². The quantitative estimate of drug-likeness (QED) is 0.525. The van der Waals surface area contributed by atoms with Crippen LogP contribution in [0.1, 0.15) is 35.8 Å². The minimum atomic E-state index is -0.419. The molecule has 3 aromatic rings. The average molecular weight is 400 g/mol. The summed E-state index contributed by atoms with van der Waals surface area (Å²) in [7, 11) is 0. The first-order valence-corrected chi connectivity index (χ1v) is 10.8. The summed E-state index contributed by atoms with van der Waals surface area (Å²) in [5.41, 5.74) is 8.53. The summed E-state index contributed by atoms with van der Waals surface area (Å²) in [5, 5.41) is 0.851. The Morgan fingerprint density at radius 1 is 1.33 bits per heavy atom. The van der Waals surface area contributed by atoms with Gasteiger partial charge < -0.3 is 5.73 Å². The molecule has 0 spiro atoms. The highest BCUT2D eigenvalue weighted by molar-refractivity contribution is 8.00. The number of carbonyl (C=O) groups excluding carboxylic acids is 1. The van der Waals surface area contributed by atoms with Crippen LogP contribution in [-0.4, -0.2) is 20.7 Å². The Hall–Kier alpha value is -2.12. The summed E-state index contributed by atoms with van der Waals surface area (Å²) >= 11 is 2.89. The van der Waals surface area contributed by atoms with E-state index in [-0.39, 0.29) is 11.5 Å². The molecule has 1 aliphatic rings. The van der Waals surface area contributed by atoms with Gasteiger partial charge in [0.1, 0.15) is 4.83 Å². The van der Waals surface area contributed by atoms with Gasteiger partial charge in [0, 0.05) is 4.88 Å². The number of primary amides is 1. The van der Waals surface area contributed by atoms with E-state index < -0.39 is 5.25 Å². The lowest BCUT2D eigenvalue weighted by Gasteiger charge is -2.16. The fourth-order valence-corrected chi connectivity index (χ4v) is 5.78. The zero-order valence-electron chi connectivity index (χ0n) is 15.3. The van der Waals surface area contributed by atoms with Crippen molar-refractivity contribution in [1.82, 2.24) is 9.55 Å². The number of rotatable bonds is 5. The minimum absolute atomic E-state index is 0.0509. The topological polar surface area (TPSA) is 78.0 Å². The third kappa shape index (κ3) is 3.19. The Balaban J connectivity index is 1.97. The average Bonchev–Trinajstić information content (AvgIpc) is 3.21. The molecule has 0 saturated heterocycles. The standard InChI is InChI=1S/C20H21N3O2S2/c1-3-14(17(21)24)27-20-22-18-16(13-5-4-6-15(13)26-18)19(25)23(20)12-9-7-11(2)8-10-12/h7-10,14H,3-6H2,1-2H3,(H2,21,24). The lowest BCUT2D eigenvalue weighted by molar-refractivity contribution is -0.117. The maximum absolute atomic E-state index is 13.5. The molecule has 2 N–H and O–H groups in total. The Bertz CT molecular complexity index is 1080. The molecule has 1 atom stereocenters. The van der Waals surface area contributed by atoms with Crippen molar-refractivity contribution in [3.63, 3.8) is 0 Å². The van der Waals surface area contributed by atoms with Gasteiger partial charge in [-0.2, -0.15) is 0 Å². The number of fused-ring (bicyclic) bond motifs is 3. The molecule has 1 amide bonds. The van der Waals surface area contributed by atoms with E-state index in [2.05, 4.69) is 0 Å². The van der Waals surface area contributed by atoms with Crippen LogP contribution in [0, 0.1) is 6.92 Å². The van der Waals surface area contributed by atoms with Crippen molar-refractivity contribution in [3.8, 4) is 5.69 Å². The van der Waals surface area contributed by atoms with Crippen molar-refractivity contribution >= 4 is 39.2 Å². The van der Waals surface area contributed by atoms with Gasteiger partial charge in [-0.3, -0.25) is 14.2 Å². The van der Waals surface area contributed by atoms with E-state index >= 15 is 0 Å². The molecular weight excluding hydrogens is 378 g/mol. The van der Waals surface area contributed by atoms with Crippen LogP contribution in [0.25, 0.3) is 15.9 Å². The largest absolute Gasteiger partial charge is 0.369 e. The lowest BCUT2D eigenvalue weighted by atomic mass is 10.2. The van der Waals surface area contributed by atoms with Crippen LogP contribution in [0.15, 0.2) is 34.2 Å². The molecule has 0 fully saturated rings. The summed E-state index contributed by atoms with van der Waals surface area (Å²) in [5.74, 6) is -0.388. The Morgan fingerprint density at radius 2 is 2.07 bits per heavy atom. The number of hydrogen-bond acceptors (Lipinski definition) is 5. The molecule has 0 bridgehead atoms. The van der Waals surface area contributed by atoms with Gasteiger partial charge in [0.05, 0.1) is 16.3 Å². The highest BCUT2D eigenvalue weighted by atomic mass is 32.2. The van der Waals surface area contributed by atoms with E-state index in [1.54, 1.807) is 15.9 Å². The number of aryl methyl sites for hydroxylation is 3. The highest BCUT2D eigenvalue weighted by Gasteiger charge is 2.25. The summed E-state index contributed by atoms with van der Waals surface area (Å²) in [6.45, 7) is 3.92. The van der Waals surface area contributed by atoms with E-state index in [0.29, 0.717) is 11.6 Å². The molecule has 1 unspecified atom stereocenters. The van der Waals surface area contributed by atoms with Crippen LogP contribution < -0.4 is 11.3 Å². The van der Waals surface area contributed by atoms with E-state index in [0.717, 1.165) is 46.3 Å². The molecule has 0 aliphatic heterocycles. The molecule has 1 aromatic carbocycles. The number of benzene rings is 1. The van der Waals surface area contributed by atoms with Crippen LogP contribution in [0.3, 0.4) is 0 Å². The van der Waals surface area contributed by atoms with Crippen molar-refractivity contribution in [2.45, 2.75) is 49.9 Å². The van der Waals surface area contributed by atoms with Gasteiger partial charge >= 0.3 is 0 Å². The van der Waals surface area contributed by atoms with E-state index in [4.69, 9.17) is 10.7 Å².